The summed E-state index contributed by atoms with van der Waals surface area (Å²) < 4.78 is 10.2. The number of ether oxygens (including phenoxy) is 2. The van der Waals surface area contributed by atoms with E-state index in [4.69, 9.17) is 9.47 Å². The highest BCUT2D eigenvalue weighted by Crippen LogP contribution is 2.40. The predicted molar refractivity (Wildman–Crippen MR) is 130 cm³/mol. The van der Waals surface area contributed by atoms with Gasteiger partial charge < -0.3 is 29.4 Å². The van der Waals surface area contributed by atoms with E-state index in [0.717, 1.165) is 38.4 Å². The van der Waals surface area contributed by atoms with Crippen LogP contribution in [0.15, 0.2) is 29.8 Å². The van der Waals surface area contributed by atoms with Crippen molar-refractivity contribution >= 4 is 23.4 Å². The molecule has 4 rings (SSSR count). The Hall–Kier alpha value is -3.43. The Morgan fingerprint density at radius 3 is 2.47 bits per heavy atom. The fourth-order valence-corrected chi connectivity index (χ4v) is 5.14. The molecule has 1 unspecified atom stereocenters. The molecule has 1 atom stereocenters. The normalized spacial score (nSPS) is 20.2. The molecule has 192 valence electrons. The van der Waals surface area contributed by atoms with Crippen molar-refractivity contribution in [2.75, 3.05) is 46.5 Å². The number of nitrogens with zero attached hydrogens (tertiary/aromatic N) is 1. The highest BCUT2D eigenvalue weighted by atomic mass is 16.5. The topological polar surface area (TPSA) is 116 Å². The molecule has 2 aliphatic rings. The van der Waals surface area contributed by atoms with Gasteiger partial charge >= 0.3 is 5.97 Å². The van der Waals surface area contributed by atoms with E-state index in [1.54, 1.807) is 13.8 Å². The summed E-state index contributed by atoms with van der Waals surface area (Å²) in [7, 11) is 1.26. The minimum Gasteiger partial charge on any atom is -0.872 e. The van der Waals surface area contributed by atoms with Gasteiger partial charge in [0.1, 0.15) is 18.8 Å². The monoisotopic (exact) mass is 495 g/mol. The predicted octanol–water partition coefficient (Wildman–Crippen LogP) is 0.256. The van der Waals surface area contributed by atoms with Gasteiger partial charge in [-0.15, -0.1) is 0 Å². The van der Waals surface area contributed by atoms with E-state index in [9.17, 15) is 19.5 Å². The fourth-order valence-electron chi connectivity index (χ4n) is 5.14. The number of hydrogen-bond donors (Lipinski definition) is 2. The zero-order valence-electron chi connectivity index (χ0n) is 21.2. The van der Waals surface area contributed by atoms with E-state index in [-0.39, 0.29) is 16.8 Å². The van der Waals surface area contributed by atoms with Crippen LogP contribution in [0.25, 0.3) is 5.76 Å². The molecule has 2 fully saturated rings. The van der Waals surface area contributed by atoms with Gasteiger partial charge in [-0.25, -0.2) is 4.79 Å². The van der Waals surface area contributed by atoms with Gasteiger partial charge in [-0.05, 0) is 37.5 Å². The second-order valence-corrected chi connectivity index (χ2v) is 9.47. The molecular weight excluding hydrogens is 462 g/mol. The van der Waals surface area contributed by atoms with Gasteiger partial charge in [-0.2, -0.15) is 0 Å². The molecule has 9 heteroatoms. The highest BCUT2D eigenvalue weighted by molar-refractivity contribution is 6.46. The van der Waals surface area contributed by atoms with Crippen molar-refractivity contribution in [3.63, 3.8) is 0 Å². The number of aryl methyl sites for hydroxylation is 2. The number of esters is 1. The van der Waals surface area contributed by atoms with Crippen molar-refractivity contribution in [1.29, 1.82) is 0 Å². The van der Waals surface area contributed by atoms with Crippen LogP contribution in [0.3, 0.4) is 0 Å². The molecular formula is C27H33N3O6. The number of ketones is 1. The van der Waals surface area contributed by atoms with Gasteiger partial charge in [-0.1, -0.05) is 35.6 Å². The first-order valence-corrected chi connectivity index (χ1v) is 12.3. The number of aromatic nitrogens is 1. The summed E-state index contributed by atoms with van der Waals surface area (Å²) in [4.78, 5) is 44.5. The summed E-state index contributed by atoms with van der Waals surface area (Å²) in [5.41, 5.74) is 2.89. The number of benzene rings is 1. The first-order chi connectivity index (χ1) is 17.2. The Morgan fingerprint density at radius 1 is 1.17 bits per heavy atom. The lowest BCUT2D eigenvalue weighted by Crippen LogP contribution is -3.14. The zero-order chi connectivity index (χ0) is 26.0. The maximum absolute atomic E-state index is 13.9. The van der Waals surface area contributed by atoms with E-state index in [2.05, 4.69) is 4.98 Å². The molecule has 0 aliphatic carbocycles. The molecule has 1 aromatic heterocycles. The number of nitrogens with one attached hydrogen (secondary N) is 2. The van der Waals surface area contributed by atoms with Crippen LogP contribution in [-0.2, 0) is 19.1 Å². The van der Waals surface area contributed by atoms with E-state index < -0.39 is 29.5 Å². The number of hydrogen-bond acceptors (Lipinski definition) is 6. The maximum Gasteiger partial charge on any atom is 0.354 e. The number of carbonyl (C=O) groups is 3. The Bertz CT molecular complexity index is 1190. The van der Waals surface area contributed by atoms with Crippen LogP contribution >= 0.6 is 0 Å². The molecule has 2 saturated heterocycles. The van der Waals surface area contributed by atoms with Gasteiger partial charge in [0.15, 0.2) is 0 Å². The van der Waals surface area contributed by atoms with Gasteiger partial charge in [0.05, 0.1) is 32.9 Å². The summed E-state index contributed by atoms with van der Waals surface area (Å²) in [6.45, 7) is 9.74. The van der Waals surface area contributed by atoms with E-state index in [1.165, 1.54) is 16.9 Å². The van der Waals surface area contributed by atoms with Crippen molar-refractivity contribution in [2.24, 2.45) is 0 Å². The molecule has 0 bridgehead atoms. The molecule has 0 spiro atoms. The van der Waals surface area contributed by atoms with E-state index in [1.807, 2.05) is 31.2 Å². The maximum atomic E-state index is 13.9. The Labute approximate surface area is 210 Å². The van der Waals surface area contributed by atoms with Crippen LogP contribution < -0.4 is 10.0 Å². The van der Waals surface area contributed by atoms with Crippen molar-refractivity contribution < 1.29 is 33.9 Å². The molecule has 36 heavy (non-hydrogen) atoms. The average molecular weight is 496 g/mol. The van der Waals surface area contributed by atoms with Gasteiger partial charge in [0, 0.05) is 24.2 Å². The molecule has 9 nitrogen and oxygen atoms in total. The molecule has 1 aromatic carbocycles. The first kappa shape index (κ1) is 25.7. The van der Waals surface area contributed by atoms with E-state index >= 15 is 0 Å². The number of aromatic amines is 1. The van der Waals surface area contributed by atoms with Crippen LogP contribution in [-0.4, -0.2) is 74.0 Å². The molecule has 0 saturated carbocycles. The van der Waals surface area contributed by atoms with Crippen molar-refractivity contribution in [3.8, 4) is 0 Å². The molecule has 3 heterocycles. The molecule has 1 amide bonds. The van der Waals surface area contributed by atoms with Crippen molar-refractivity contribution in [1.82, 2.24) is 9.88 Å². The van der Waals surface area contributed by atoms with Crippen LogP contribution in [0, 0.1) is 20.8 Å². The molecule has 2 aromatic rings. The van der Waals surface area contributed by atoms with Crippen LogP contribution in [0.2, 0.25) is 0 Å². The minimum atomic E-state index is -0.788. The third-order valence-electron chi connectivity index (χ3n) is 7.11. The SMILES string of the molecule is COC(=O)c1[nH]c(C)c(/C([O-])=C2\C(=O)C(=O)N(CCC[NH+]3CCOCC3)C2c2ccc(C)cc2)c1C. The molecule has 0 radical (unpaired) electrons. The Morgan fingerprint density at radius 2 is 1.83 bits per heavy atom. The number of morpholine rings is 1. The minimum absolute atomic E-state index is 0.0795. The summed E-state index contributed by atoms with van der Waals surface area (Å²) in [6.07, 6.45) is 0.701. The second-order valence-electron chi connectivity index (χ2n) is 9.47. The largest absolute Gasteiger partial charge is 0.872 e. The van der Waals surface area contributed by atoms with Crippen LogP contribution in [0.5, 0.6) is 0 Å². The second kappa shape index (κ2) is 10.7. The number of methoxy groups -OCH3 is 1. The first-order valence-electron chi connectivity index (χ1n) is 12.3. The molecule has 2 N–H and O–H groups in total. The average Bonchev–Trinajstić information content (AvgIpc) is 3.31. The molecule has 2 aliphatic heterocycles. The number of Topliss-reactive ketones (excluding diaryl/α,β-unsaturated/α-hetero) is 1. The zero-order valence-corrected chi connectivity index (χ0v) is 21.2. The quantitative estimate of drug-likeness (QED) is 0.246. The van der Waals surface area contributed by atoms with Gasteiger partial charge in [0.2, 0.25) is 5.78 Å². The van der Waals surface area contributed by atoms with E-state index in [0.29, 0.717) is 29.8 Å². The highest BCUT2D eigenvalue weighted by Gasteiger charge is 2.44. The van der Waals surface area contributed by atoms with Gasteiger partial charge in [-0.3, -0.25) is 9.59 Å². The van der Waals surface area contributed by atoms with Crippen molar-refractivity contribution in [3.05, 3.63) is 63.5 Å². The van der Waals surface area contributed by atoms with Crippen LogP contribution in [0.1, 0.15) is 50.9 Å². The third-order valence-corrected chi connectivity index (χ3v) is 7.11. The summed E-state index contributed by atoms with van der Waals surface area (Å²) in [5, 5.41) is 13.9. The summed E-state index contributed by atoms with van der Waals surface area (Å²) in [6, 6.07) is 6.74. The lowest BCUT2D eigenvalue weighted by atomic mass is 9.93. The lowest BCUT2D eigenvalue weighted by Gasteiger charge is -2.29. The third kappa shape index (κ3) is 4.81. The lowest BCUT2D eigenvalue weighted by molar-refractivity contribution is -0.908. The fraction of sp³-hybridized carbons (Fsp3) is 0.444. The number of H-pyrrole nitrogens is 1. The Balaban J connectivity index is 1.74. The standard InChI is InChI=1S/C27H33N3O6/c1-16-6-8-19(9-7-16)23-21(24(31)20-17(2)22(27(34)35-4)28-18(20)3)25(32)26(33)30(23)11-5-10-29-12-14-36-15-13-29/h6-9,23,28,31H,5,10-15H2,1-4H3/b24-21+. The Kier molecular flexibility index (Phi) is 7.61. The number of carbonyl (C=O) groups excluding carboxylic acids is 3. The number of rotatable bonds is 7. The number of amides is 1. The smallest absolute Gasteiger partial charge is 0.354 e. The summed E-state index contributed by atoms with van der Waals surface area (Å²) >= 11 is 0. The summed E-state index contributed by atoms with van der Waals surface area (Å²) in [5.74, 6) is -2.60. The van der Waals surface area contributed by atoms with Crippen molar-refractivity contribution in [2.45, 2.75) is 33.2 Å². The van der Waals surface area contributed by atoms with Gasteiger partial charge in [0.25, 0.3) is 5.91 Å². The van der Waals surface area contributed by atoms with Crippen LogP contribution in [0.4, 0.5) is 0 Å². The number of likely N-dealkylation sites (tertiary alicyclic amines) is 1. The number of quaternary nitrogens is 1.